The van der Waals surface area contributed by atoms with E-state index in [2.05, 4.69) is 16.9 Å². The highest BCUT2D eigenvalue weighted by Gasteiger charge is 2.11. The lowest BCUT2D eigenvalue weighted by molar-refractivity contribution is 0.618. The molecule has 0 radical (unpaired) electrons. The quantitative estimate of drug-likeness (QED) is 0.691. The van der Waals surface area contributed by atoms with Gasteiger partial charge in [0.15, 0.2) is 0 Å². The molecule has 0 fully saturated rings. The number of aliphatic imine (C=N–C) groups is 1. The van der Waals surface area contributed by atoms with Crippen LogP contribution in [0, 0.1) is 12.7 Å². The van der Waals surface area contributed by atoms with Crippen molar-refractivity contribution in [3.63, 3.8) is 0 Å². The molecule has 0 amide bonds. The molecule has 0 saturated carbocycles. The number of benzene rings is 1. The number of nitrogens with zero attached hydrogens (tertiary/aromatic N) is 1. The minimum absolute atomic E-state index is 0.231. The van der Waals surface area contributed by atoms with E-state index in [9.17, 15) is 4.39 Å². The molecule has 1 aliphatic heterocycles. The van der Waals surface area contributed by atoms with Crippen molar-refractivity contribution in [3.8, 4) is 0 Å². The van der Waals surface area contributed by atoms with E-state index in [-0.39, 0.29) is 5.82 Å². The molecule has 2 rings (SSSR count). The van der Waals surface area contributed by atoms with Gasteiger partial charge in [-0.15, -0.1) is 0 Å². The van der Waals surface area contributed by atoms with Gasteiger partial charge in [0.25, 0.3) is 0 Å². The summed E-state index contributed by atoms with van der Waals surface area (Å²) in [5, 5.41) is 2.88. The number of fused-ring (bicyclic) bond motifs is 1. The fraction of sp³-hybridized carbons (Fsp3) is 0.250. The zero-order valence-electron chi connectivity index (χ0n) is 9.26. The van der Waals surface area contributed by atoms with E-state index in [0.29, 0.717) is 11.3 Å². The normalized spacial score (nSPS) is 12.4. The highest BCUT2D eigenvalue weighted by atomic mass is 19.1. The van der Waals surface area contributed by atoms with Crippen LogP contribution in [-0.2, 0) is 0 Å². The molecule has 0 bridgehead atoms. The lowest BCUT2D eigenvalue weighted by Gasteiger charge is -2.14. The summed E-state index contributed by atoms with van der Waals surface area (Å²) in [6.45, 7) is 9.52. The van der Waals surface area contributed by atoms with Crippen molar-refractivity contribution in [2.75, 3.05) is 0 Å². The molecule has 15 heavy (non-hydrogen) atoms. The van der Waals surface area contributed by atoms with Gasteiger partial charge in [-0.25, -0.2) is 9.38 Å². The summed E-state index contributed by atoms with van der Waals surface area (Å²) in [5.74, 6) is -0.231. The largest absolute Gasteiger partial charge is 0.346 e. The summed E-state index contributed by atoms with van der Waals surface area (Å²) in [7, 11) is 0. The van der Waals surface area contributed by atoms with Crippen molar-refractivity contribution in [2.45, 2.75) is 20.8 Å². The average Bonchev–Trinajstić information content (AvgIpc) is 2.24. The van der Waals surface area contributed by atoms with Crippen molar-refractivity contribution < 1.29 is 4.39 Å². The predicted octanol–water partition coefficient (Wildman–Crippen LogP) is 3.39. The minimum Gasteiger partial charge on any atom is -0.346 e. The molecule has 80 valence electrons. The van der Waals surface area contributed by atoms with Crippen LogP contribution in [0.1, 0.15) is 25.0 Å². The van der Waals surface area contributed by atoms with Crippen molar-refractivity contribution in [3.05, 3.63) is 35.7 Å². The molecule has 0 aliphatic carbocycles. The minimum atomic E-state index is -0.231. The van der Waals surface area contributed by atoms with Crippen LogP contribution in [0.25, 0.3) is 5.70 Å². The molecule has 0 atom stereocenters. The monoisotopic (exact) mass is 206 g/mol. The Hall–Kier alpha value is -1.64. The summed E-state index contributed by atoms with van der Waals surface area (Å²) >= 11 is 0. The van der Waals surface area contributed by atoms with Crippen LogP contribution in [0.2, 0.25) is 0 Å². The van der Waals surface area contributed by atoms with E-state index in [4.69, 9.17) is 0 Å². The first-order valence-corrected chi connectivity index (χ1v) is 4.97. The first kappa shape index (κ1) is 11.4. The Labute approximate surface area is 89.5 Å². The van der Waals surface area contributed by atoms with Crippen LogP contribution < -0.4 is 5.32 Å². The summed E-state index contributed by atoms with van der Waals surface area (Å²) in [5.41, 5.74) is 2.86. The van der Waals surface area contributed by atoms with Crippen LogP contribution in [-0.4, -0.2) is 6.34 Å². The molecule has 3 heteroatoms. The molecular weight excluding hydrogens is 191 g/mol. The lowest BCUT2D eigenvalue weighted by Crippen LogP contribution is -2.12. The Kier molecular flexibility index (Phi) is 3.61. The van der Waals surface area contributed by atoms with Crippen LogP contribution >= 0.6 is 0 Å². The van der Waals surface area contributed by atoms with Gasteiger partial charge in [0.2, 0.25) is 0 Å². The van der Waals surface area contributed by atoms with Gasteiger partial charge in [0.1, 0.15) is 5.82 Å². The Morgan fingerprint density at radius 3 is 2.67 bits per heavy atom. The number of nitrogens with one attached hydrogen (secondary N) is 1. The van der Waals surface area contributed by atoms with E-state index in [1.54, 1.807) is 13.0 Å². The molecule has 1 aromatic rings. The first-order chi connectivity index (χ1) is 7.18. The Bertz CT molecular complexity index is 408. The van der Waals surface area contributed by atoms with Gasteiger partial charge in [-0.05, 0) is 18.6 Å². The maximum absolute atomic E-state index is 13.1. The SMILES string of the molecule is C=C1NC=Nc2cc(F)c(C)cc21.CC. The maximum atomic E-state index is 13.1. The first-order valence-electron chi connectivity index (χ1n) is 4.97. The fourth-order valence-corrected chi connectivity index (χ4v) is 1.28. The van der Waals surface area contributed by atoms with Gasteiger partial charge in [-0.1, -0.05) is 20.4 Å². The van der Waals surface area contributed by atoms with E-state index in [1.165, 1.54) is 12.4 Å². The Balaban J connectivity index is 0.000000531. The predicted molar refractivity (Wildman–Crippen MR) is 62.8 cm³/mol. The summed E-state index contributed by atoms with van der Waals surface area (Å²) in [6, 6.07) is 3.17. The molecule has 0 saturated heterocycles. The number of hydrogen-bond donors (Lipinski definition) is 1. The van der Waals surface area contributed by atoms with Crippen LogP contribution in [0.4, 0.5) is 10.1 Å². The van der Waals surface area contributed by atoms with Crippen LogP contribution in [0.3, 0.4) is 0 Å². The van der Waals surface area contributed by atoms with Crippen LogP contribution in [0.15, 0.2) is 23.7 Å². The number of halogens is 1. The molecule has 0 spiro atoms. The zero-order chi connectivity index (χ0) is 11.4. The molecular formula is C12H15FN2. The highest BCUT2D eigenvalue weighted by Crippen LogP contribution is 2.28. The molecule has 2 nitrogen and oxygen atoms in total. The third kappa shape index (κ3) is 2.24. The van der Waals surface area contributed by atoms with Crippen molar-refractivity contribution in [1.29, 1.82) is 0 Å². The summed E-state index contributed by atoms with van der Waals surface area (Å²) in [4.78, 5) is 4.01. The van der Waals surface area contributed by atoms with Gasteiger partial charge >= 0.3 is 0 Å². The third-order valence-corrected chi connectivity index (χ3v) is 2.04. The molecule has 0 aromatic heterocycles. The molecule has 1 heterocycles. The number of aryl methyl sites for hydroxylation is 1. The van der Waals surface area contributed by atoms with E-state index >= 15 is 0 Å². The van der Waals surface area contributed by atoms with E-state index in [1.807, 2.05) is 13.8 Å². The third-order valence-electron chi connectivity index (χ3n) is 2.04. The molecule has 0 unspecified atom stereocenters. The van der Waals surface area contributed by atoms with Gasteiger partial charge in [0.05, 0.1) is 12.0 Å². The molecule has 1 aromatic carbocycles. The highest BCUT2D eigenvalue weighted by molar-refractivity contribution is 5.86. The molecule has 1 aliphatic rings. The second-order valence-electron chi connectivity index (χ2n) is 3.00. The zero-order valence-corrected chi connectivity index (χ0v) is 9.26. The summed E-state index contributed by atoms with van der Waals surface area (Å²) < 4.78 is 13.1. The Morgan fingerprint density at radius 1 is 1.33 bits per heavy atom. The lowest BCUT2D eigenvalue weighted by atomic mass is 10.1. The van der Waals surface area contributed by atoms with Gasteiger partial charge in [-0.3, -0.25) is 0 Å². The standard InChI is InChI=1S/C10H9FN2.C2H6/c1-6-3-8-7(2)12-5-13-10(8)4-9(6)11;1-2/h3-5H,2H2,1H3,(H,12,13);1-2H3. The number of rotatable bonds is 0. The van der Waals surface area contributed by atoms with Crippen molar-refractivity contribution in [2.24, 2.45) is 4.99 Å². The summed E-state index contributed by atoms with van der Waals surface area (Å²) in [6.07, 6.45) is 1.51. The second-order valence-corrected chi connectivity index (χ2v) is 3.00. The van der Waals surface area contributed by atoms with Crippen molar-refractivity contribution in [1.82, 2.24) is 5.32 Å². The topological polar surface area (TPSA) is 24.4 Å². The second kappa shape index (κ2) is 4.73. The Morgan fingerprint density at radius 2 is 2.00 bits per heavy atom. The van der Waals surface area contributed by atoms with E-state index < -0.39 is 0 Å². The smallest absolute Gasteiger partial charge is 0.128 e. The van der Waals surface area contributed by atoms with Gasteiger partial charge < -0.3 is 5.32 Å². The van der Waals surface area contributed by atoms with Crippen LogP contribution in [0.5, 0.6) is 0 Å². The van der Waals surface area contributed by atoms with Crippen molar-refractivity contribution >= 4 is 17.7 Å². The molecule has 1 N–H and O–H groups in total. The fourth-order valence-electron chi connectivity index (χ4n) is 1.28. The van der Waals surface area contributed by atoms with E-state index in [0.717, 1.165) is 11.3 Å². The maximum Gasteiger partial charge on any atom is 0.128 e. The van der Waals surface area contributed by atoms with Gasteiger partial charge in [-0.2, -0.15) is 0 Å². The van der Waals surface area contributed by atoms with Gasteiger partial charge in [0, 0.05) is 17.3 Å². The average molecular weight is 206 g/mol. The number of hydrogen-bond acceptors (Lipinski definition) is 2.